The second-order valence-electron chi connectivity index (χ2n) is 10.7. The van der Waals surface area contributed by atoms with Crippen molar-refractivity contribution in [2.75, 3.05) is 17.1 Å². The minimum Gasteiger partial charge on any atom is -0.352 e. The lowest BCUT2D eigenvalue weighted by atomic mass is 10.0. The van der Waals surface area contributed by atoms with Gasteiger partial charge in [0.15, 0.2) is 0 Å². The van der Waals surface area contributed by atoms with E-state index < -0.39 is 16.1 Å². The molecule has 2 atom stereocenters. The Hall–Kier alpha value is -3.65. The van der Waals surface area contributed by atoms with E-state index in [2.05, 4.69) is 5.32 Å². The predicted octanol–water partition coefficient (Wildman–Crippen LogP) is 5.40. The molecule has 0 aliphatic rings. The molecule has 41 heavy (non-hydrogen) atoms. The summed E-state index contributed by atoms with van der Waals surface area (Å²) in [6, 6.07) is 24.1. The van der Waals surface area contributed by atoms with Crippen LogP contribution in [-0.4, -0.2) is 50.0 Å². The van der Waals surface area contributed by atoms with Gasteiger partial charge in [0.25, 0.3) is 0 Å². The number of rotatable bonds is 14. The number of nitrogens with zero attached hydrogens (tertiary/aromatic N) is 2. The Morgan fingerprint density at radius 1 is 0.927 bits per heavy atom. The molecule has 2 amide bonds. The first-order valence-corrected chi connectivity index (χ1v) is 16.1. The van der Waals surface area contributed by atoms with Crippen molar-refractivity contribution in [2.45, 2.75) is 72.0 Å². The molecule has 0 bridgehead atoms. The molecule has 3 aromatic carbocycles. The van der Waals surface area contributed by atoms with Gasteiger partial charge < -0.3 is 10.2 Å². The van der Waals surface area contributed by atoms with Gasteiger partial charge in [-0.2, -0.15) is 0 Å². The highest BCUT2D eigenvalue weighted by Gasteiger charge is 2.31. The van der Waals surface area contributed by atoms with E-state index in [0.717, 1.165) is 28.7 Å². The van der Waals surface area contributed by atoms with E-state index in [0.29, 0.717) is 18.5 Å². The minimum absolute atomic E-state index is 0.0335. The Kier molecular flexibility index (Phi) is 11.5. The van der Waals surface area contributed by atoms with E-state index in [-0.39, 0.29) is 37.4 Å². The average molecular weight is 578 g/mol. The Bertz CT molecular complexity index is 1410. The molecule has 3 rings (SSSR count). The zero-order chi connectivity index (χ0) is 30.0. The minimum atomic E-state index is -3.55. The van der Waals surface area contributed by atoms with Gasteiger partial charge in [-0.1, -0.05) is 73.7 Å². The fourth-order valence-corrected chi connectivity index (χ4v) is 5.71. The van der Waals surface area contributed by atoms with Crippen LogP contribution < -0.4 is 9.62 Å². The van der Waals surface area contributed by atoms with E-state index in [1.54, 1.807) is 11.0 Å². The quantitative estimate of drug-likeness (QED) is 0.278. The van der Waals surface area contributed by atoms with E-state index in [1.807, 2.05) is 100 Å². The fraction of sp³-hybridized carbons (Fsp3) is 0.394. The molecule has 0 aromatic heterocycles. The molecule has 220 valence electrons. The van der Waals surface area contributed by atoms with Crippen molar-refractivity contribution in [3.05, 3.63) is 101 Å². The lowest BCUT2D eigenvalue weighted by molar-refractivity contribution is -0.141. The monoisotopic (exact) mass is 577 g/mol. The highest BCUT2D eigenvalue weighted by Crippen LogP contribution is 2.22. The standard InChI is InChI=1S/C33H43N3O4S/c1-6-27(4)34-33(38)31(23-28-16-8-7-9-17-28)35(24-29-18-11-10-15-26(29)3)32(37)20-13-21-36(41(5,39)40)30-19-12-14-25(2)22-30/h7-12,14-19,22,27,31H,6,13,20-21,23-24H2,1-5H3,(H,34,38). The van der Waals surface area contributed by atoms with Gasteiger partial charge in [0.1, 0.15) is 6.04 Å². The molecule has 0 saturated heterocycles. The average Bonchev–Trinajstić information content (AvgIpc) is 2.93. The number of carbonyl (C=O) groups is 2. The molecule has 0 heterocycles. The SMILES string of the molecule is CCC(C)NC(=O)C(Cc1ccccc1)N(Cc1ccccc1C)C(=O)CCCN(c1cccc(C)c1)S(C)(=O)=O. The van der Waals surface area contributed by atoms with Gasteiger partial charge in [-0.3, -0.25) is 13.9 Å². The van der Waals surface area contributed by atoms with Gasteiger partial charge in [0, 0.05) is 32.0 Å². The second kappa shape index (κ2) is 14.8. The number of nitrogens with one attached hydrogen (secondary N) is 1. The highest BCUT2D eigenvalue weighted by molar-refractivity contribution is 7.92. The van der Waals surface area contributed by atoms with Crippen LogP contribution in [-0.2, 0) is 32.6 Å². The van der Waals surface area contributed by atoms with Crippen molar-refractivity contribution in [3.8, 4) is 0 Å². The number of hydrogen-bond donors (Lipinski definition) is 1. The summed E-state index contributed by atoms with van der Waals surface area (Å²) in [6.07, 6.45) is 2.74. The maximum atomic E-state index is 14.0. The summed E-state index contributed by atoms with van der Waals surface area (Å²) in [6.45, 7) is 8.31. The molecule has 7 nitrogen and oxygen atoms in total. The largest absolute Gasteiger partial charge is 0.352 e. The van der Waals surface area contributed by atoms with Crippen LogP contribution in [0, 0.1) is 13.8 Å². The Labute approximate surface area is 245 Å². The molecular weight excluding hydrogens is 534 g/mol. The third kappa shape index (κ3) is 9.46. The van der Waals surface area contributed by atoms with E-state index in [4.69, 9.17) is 0 Å². The van der Waals surface area contributed by atoms with Crippen LogP contribution in [0.25, 0.3) is 0 Å². The van der Waals surface area contributed by atoms with E-state index in [9.17, 15) is 18.0 Å². The van der Waals surface area contributed by atoms with Crippen molar-refractivity contribution in [1.29, 1.82) is 0 Å². The van der Waals surface area contributed by atoms with Crippen LogP contribution in [0.2, 0.25) is 0 Å². The van der Waals surface area contributed by atoms with Crippen LogP contribution in [0.4, 0.5) is 5.69 Å². The summed E-state index contributed by atoms with van der Waals surface area (Å²) in [7, 11) is -3.55. The summed E-state index contributed by atoms with van der Waals surface area (Å²) in [5.74, 6) is -0.381. The topological polar surface area (TPSA) is 86.8 Å². The summed E-state index contributed by atoms with van der Waals surface area (Å²) in [5, 5.41) is 3.09. The first kappa shape index (κ1) is 31.9. The third-order valence-corrected chi connectivity index (χ3v) is 8.51. The number of amides is 2. The van der Waals surface area contributed by atoms with Crippen LogP contribution in [0.5, 0.6) is 0 Å². The van der Waals surface area contributed by atoms with Crippen molar-refractivity contribution < 1.29 is 18.0 Å². The Balaban J connectivity index is 1.90. The van der Waals surface area contributed by atoms with E-state index >= 15 is 0 Å². The summed E-state index contributed by atoms with van der Waals surface area (Å²) in [5.41, 5.74) is 4.49. The molecule has 0 spiro atoms. The maximum Gasteiger partial charge on any atom is 0.243 e. The maximum absolute atomic E-state index is 14.0. The molecule has 0 radical (unpaired) electrons. The lowest BCUT2D eigenvalue weighted by Gasteiger charge is -2.33. The summed E-state index contributed by atoms with van der Waals surface area (Å²) < 4.78 is 26.6. The van der Waals surface area contributed by atoms with Gasteiger partial charge in [0.05, 0.1) is 11.9 Å². The Morgan fingerprint density at radius 3 is 2.24 bits per heavy atom. The molecule has 0 fully saturated rings. The molecule has 8 heteroatoms. The van der Waals surface area contributed by atoms with Gasteiger partial charge in [-0.05, 0) is 68.0 Å². The van der Waals surface area contributed by atoms with E-state index in [1.165, 1.54) is 10.6 Å². The van der Waals surface area contributed by atoms with Crippen LogP contribution >= 0.6 is 0 Å². The van der Waals surface area contributed by atoms with Crippen LogP contribution in [0.1, 0.15) is 55.4 Å². The molecule has 2 unspecified atom stereocenters. The molecule has 0 saturated carbocycles. The molecule has 3 aromatic rings. The smallest absolute Gasteiger partial charge is 0.243 e. The first-order chi connectivity index (χ1) is 19.5. The summed E-state index contributed by atoms with van der Waals surface area (Å²) in [4.78, 5) is 29.3. The van der Waals surface area contributed by atoms with Crippen LogP contribution in [0.3, 0.4) is 0 Å². The molecule has 0 aliphatic carbocycles. The lowest BCUT2D eigenvalue weighted by Crippen LogP contribution is -2.52. The number of sulfonamides is 1. The first-order valence-electron chi connectivity index (χ1n) is 14.2. The zero-order valence-electron chi connectivity index (χ0n) is 24.8. The second-order valence-corrected chi connectivity index (χ2v) is 12.7. The van der Waals surface area contributed by atoms with Gasteiger partial charge >= 0.3 is 0 Å². The molecule has 0 aliphatic heterocycles. The Morgan fingerprint density at radius 2 is 1.61 bits per heavy atom. The number of aryl methyl sites for hydroxylation is 2. The zero-order valence-corrected chi connectivity index (χ0v) is 25.7. The summed E-state index contributed by atoms with van der Waals surface area (Å²) >= 11 is 0. The fourth-order valence-electron chi connectivity index (χ4n) is 4.75. The number of benzene rings is 3. The number of anilines is 1. The van der Waals surface area contributed by atoms with Crippen molar-refractivity contribution >= 4 is 27.5 Å². The van der Waals surface area contributed by atoms with Crippen LogP contribution in [0.15, 0.2) is 78.9 Å². The van der Waals surface area contributed by atoms with Crippen molar-refractivity contribution in [2.24, 2.45) is 0 Å². The predicted molar refractivity (Wildman–Crippen MR) is 166 cm³/mol. The van der Waals surface area contributed by atoms with Gasteiger partial charge in [0.2, 0.25) is 21.8 Å². The number of carbonyl (C=O) groups excluding carboxylic acids is 2. The normalized spacial score (nSPS) is 12.8. The molecular formula is C33H43N3O4S. The molecule has 1 N–H and O–H groups in total. The number of hydrogen-bond acceptors (Lipinski definition) is 4. The van der Waals surface area contributed by atoms with Gasteiger partial charge in [-0.15, -0.1) is 0 Å². The van der Waals surface area contributed by atoms with Gasteiger partial charge in [-0.25, -0.2) is 8.42 Å². The third-order valence-electron chi connectivity index (χ3n) is 7.32. The van der Waals surface area contributed by atoms with Crippen molar-refractivity contribution in [1.82, 2.24) is 10.2 Å². The highest BCUT2D eigenvalue weighted by atomic mass is 32.2. The van der Waals surface area contributed by atoms with Crippen molar-refractivity contribution in [3.63, 3.8) is 0 Å².